The molecule has 3 aliphatic rings. The maximum Gasteiger partial charge on any atom is 0.162 e. The Morgan fingerprint density at radius 3 is 1.84 bits per heavy atom. The number of allylic oxidation sites excluding steroid dienone is 4. The van der Waals surface area contributed by atoms with E-state index in [1.807, 2.05) is 30.3 Å². The number of benzene rings is 2. The molecule has 0 N–H and O–H groups in total. The van der Waals surface area contributed by atoms with E-state index < -0.39 is 0 Å². The summed E-state index contributed by atoms with van der Waals surface area (Å²) >= 11 is 0. The average molecular weight is 514 g/mol. The van der Waals surface area contributed by atoms with Crippen LogP contribution in [-0.4, -0.2) is 37.2 Å². The van der Waals surface area contributed by atoms with Gasteiger partial charge in [0.2, 0.25) is 0 Å². The molecule has 2 aromatic carbocycles. The second-order valence-electron chi connectivity index (χ2n) is 12.5. The first kappa shape index (κ1) is 26.3. The Balaban J connectivity index is 1.64. The first-order valence-corrected chi connectivity index (χ1v) is 13.6. The van der Waals surface area contributed by atoms with Gasteiger partial charge in [-0.3, -0.25) is 9.59 Å². The number of carbonyl (C=O) groups is 2. The molecule has 5 rings (SSSR count). The van der Waals surface area contributed by atoms with Crippen LogP contribution in [0.25, 0.3) is 0 Å². The fourth-order valence-electron chi connectivity index (χ4n) is 6.57. The number of methoxy groups -OCH3 is 2. The quantitative estimate of drug-likeness (QED) is 0.434. The van der Waals surface area contributed by atoms with Crippen molar-refractivity contribution in [2.24, 2.45) is 10.8 Å². The zero-order valence-corrected chi connectivity index (χ0v) is 23.5. The largest absolute Gasteiger partial charge is 0.493 e. The van der Waals surface area contributed by atoms with Gasteiger partial charge in [-0.05, 0) is 53.4 Å². The van der Waals surface area contributed by atoms with Crippen LogP contribution in [0, 0.1) is 10.8 Å². The van der Waals surface area contributed by atoms with Crippen molar-refractivity contribution < 1.29 is 19.1 Å². The molecule has 0 radical (unpaired) electrons. The molecule has 5 nitrogen and oxygen atoms in total. The lowest BCUT2D eigenvalue weighted by Crippen LogP contribution is -2.45. The molecule has 2 aliphatic carbocycles. The highest BCUT2D eigenvalue weighted by atomic mass is 16.5. The van der Waals surface area contributed by atoms with Crippen molar-refractivity contribution in [3.63, 3.8) is 0 Å². The number of nitrogens with zero attached hydrogens (tertiary/aromatic N) is 1. The minimum Gasteiger partial charge on any atom is -0.493 e. The minimum atomic E-state index is -0.286. The number of rotatable bonds is 6. The Morgan fingerprint density at radius 1 is 0.763 bits per heavy atom. The molecule has 1 heterocycles. The third kappa shape index (κ3) is 4.79. The van der Waals surface area contributed by atoms with Crippen LogP contribution in [0.4, 0.5) is 0 Å². The first-order chi connectivity index (χ1) is 18.0. The molecule has 0 bridgehead atoms. The van der Waals surface area contributed by atoms with E-state index >= 15 is 0 Å². The lowest BCUT2D eigenvalue weighted by Gasteiger charge is -2.49. The summed E-state index contributed by atoms with van der Waals surface area (Å²) in [5.41, 5.74) is 5.75. The summed E-state index contributed by atoms with van der Waals surface area (Å²) in [6.45, 7) is 9.41. The second-order valence-corrected chi connectivity index (χ2v) is 12.5. The second kappa shape index (κ2) is 9.76. The van der Waals surface area contributed by atoms with Gasteiger partial charge in [-0.2, -0.15) is 0 Å². The average Bonchev–Trinajstić information content (AvgIpc) is 2.86. The molecule has 200 valence electrons. The predicted octanol–water partition coefficient (Wildman–Crippen LogP) is 6.63. The summed E-state index contributed by atoms with van der Waals surface area (Å²) in [5.74, 6) is 1.46. The molecule has 0 spiro atoms. The number of ether oxygens (including phenoxy) is 2. The highest BCUT2D eigenvalue weighted by Crippen LogP contribution is 2.54. The Morgan fingerprint density at radius 2 is 1.32 bits per heavy atom. The highest BCUT2D eigenvalue weighted by molar-refractivity contribution is 6.06. The van der Waals surface area contributed by atoms with E-state index in [2.05, 4.69) is 50.8 Å². The summed E-state index contributed by atoms with van der Waals surface area (Å²) in [6, 6.07) is 16.2. The lowest BCUT2D eigenvalue weighted by atomic mass is 9.63. The van der Waals surface area contributed by atoms with E-state index in [0.717, 1.165) is 52.9 Å². The lowest BCUT2D eigenvalue weighted by molar-refractivity contribution is -0.119. The maximum absolute atomic E-state index is 13.9. The molecule has 38 heavy (non-hydrogen) atoms. The third-order valence-electron chi connectivity index (χ3n) is 8.23. The predicted molar refractivity (Wildman–Crippen MR) is 149 cm³/mol. The zero-order chi connectivity index (χ0) is 27.2. The molecule has 0 aromatic heterocycles. The summed E-state index contributed by atoms with van der Waals surface area (Å²) in [6.07, 6.45) is 3.39. The smallest absolute Gasteiger partial charge is 0.162 e. The van der Waals surface area contributed by atoms with Crippen LogP contribution in [0.5, 0.6) is 11.5 Å². The van der Waals surface area contributed by atoms with E-state index in [4.69, 9.17) is 9.47 Å². The zero-order valence-electron chi connectivity index (χ0n) is 23.5. The normalized spacial score (nSPS) is 20.8. The van der Waals surface area contributed by atoms with E-state index in [9.17, 15) is 9.59 Å². The van der Waals surface area contributed by atoms with Crippen molar-refractivity contribution in [1.29, 1.82) is 0 Å². The molecule has 2 aromatic rings. The highest BCUT2D eigenvalue weighted by Gasteiger charge is 2.48. The van der Waals surface area contributed by atoms with E-state index in [0.29, 0.717) is 30.9 Å². The van der Waals surface area contributed by atoms with Gasteiger partial charge in [0.05, 0.1) is 14.2 Å². The van der Waals surface area contributed by atoms with Crippen molar-refractivity contribution in [2.75, 3.05) is 20.8 Å². The summed E-state index contributed by atoms with van der Waals surface area (Å²) < 4.78 is 11.0. The monoisotopic (exact) mass is 513 g/mol. The molecule has 0 atom stereocenters. The van der Waals surface area contributed by atoms with Crippen LogP contribution >= 0.6 is 0 Å². The molecule has 0 unspecified atom stereocenters. The number of carbonyl (C=O) groups excluding carboxylic acids is 2. The van der Waals surface area contributed by atoms with Crippen molar-refractivity contribution in [1.82, 2.24) is 4.90 Å². The van der Waals surface area contributed by atoms with E-state index in [1.165, 1.54) is 0 Å². The van der Waals surface area contributed by atoms with Gasteiger partial charge in [0.15, 0.2) is 23.1 Å². The molecular weight excluding hydrogens is 474 g/mol. The number of hydrogen-bond acceptors (Lipinski definition) is 5. The van der Waals surface area contributed by atoms with Gasteiger partial charge in [0.25, 0.3) is 0 Å². The van der Waals surface area contributed by atoms with E-state index in [1.54, 1.807) is 14.2 Å². The SMILES string of the molecule is COc1ccc(CCN2C3=C(C(=O)CC(C)(C)C3)C(c3ccccc3)C3=C2CC(C)(C)CC3=O)cc1OC. The summed E-state index contributed by atoms with van der Waals surface area (Å²) in [7, 11) is 3.29. The molecule has 0 saturated carbocycles. The van der Waals surface area contributed by atoms with Gasteiger partial charge in [0, 0.05) is 47.8 Å². The van der Waals surface area contributed by atoms with Crippen molar-refractivity contribution in [3.8, 4) is 11.5 Å². The van der Waals surface area contributed by atoms with Crippen LogP contribution in [-0.2, 0) is 16.0 Å². The van der Waals surface area contributed by atoms with Crippen LogP contribution < -0.4 is 9.47 Å². The number of ketones is 2. The molecule has 0 saturated heterocycles. The van der Waals surface area contributed by atoms with Gasteiger partial charge in [-0.15, -0.1) is 0 Å². The van der Waals surface area contributed by atoms with Gasteiger partial charge in [0.1, 0.15) is 0 Å². The summed E-state index contributed by atoms with van der Waals surface area (Å²) in [4.78, 5) is 30.1. The Hall–Kier alpha value is -3.34. The molecule has 0 amide bonds. The molecule has 5 heteroatoms. The molecule has 0 fully saturated rings. The topological polar surface area (TPSA) is 55.8 Å². The maximum atomic E-state index is 13.9. The fraction of sp³-hybridized carbons (Fsp3) is 0.455. The Kier molecular flexibility index (Phi) is 6.75. The van der Waals surface area contributed by atoms with Gasteiger partial charge >= 0.3 is 0 Å². The Bertz CT molecular complexity index is 1280. The van der Waals surface area contributed by atoms with Crippen molar-refractivity contribution in [2.45, 2.75) is 65.7 Å². The number of Topliss-reactive ketones (excluding diaryl/α,β-unsaturated/α-hetero) is 2. The van der Waals surface area contributed by atoms with Crippen molar-refractivity contribution >= 4 is 11.6 Å². The fourth-order valence-corrected chi connectivity index (χ4v) is 6.57. The van der Waals surface area contributed by atoms with Gasteiger partial charge in [-0.25, -0.2) is 0 Å². The van der Waals surface area contributed by atoms with E-state index in [-0.39, 0.29) is 28.3 Å². The van der Waals surface area contributed by atoms with Crippen LogP contribution in [0.3, 0.4) is 0 Å². The third-order valence-corrected chi connectivity index (χ3v) is 8.23. The van der Waals surface area contributed by atoms with Crippen LogP contribution in [0.15, 0.2) is 71.1 Å². The first-order valence-electron chi connectivity index (χ1n) is 13.6. The number of hydrogen-bond donors (Lipinski definition) is 0. The van der Waals surface area contributed by atoms with Gasteiger partial charge < -0.3 is 14.4 Å². The van der Waals surface area contributed by atoms with Crippen LogP contribution in [0.1, 0.15) is 70.4 Å². The molecular formula is C33H39NO4. The van der Waals surface area contributed by atoms with Gasteiger partial charge in [-0.1, -0.05) is 64.1 Å². The van der Waals surface area contributed by atoms with Crippen LogP contribution in [0.2, 0.25) is 0 Å². The van der Waals surface area contributed by atoms with Crippen molar-refractivity contribution in [3.05, 3.63) is 82.2 Å². The standard InChI is InChI=1S/C33H39NO4/c1-32(2)17-23-30(25(35)19-32)29(22-10-8-7-9-11-22)31-24(18-33(3,4)20-26(31)36)34(23)15-14-21-12-13-27(37-5)28(16-21)38-6/h7-13,16,29H,14-15,17-20H2,1-6H3. The minimum absolute atomic E-state index is 0.134. The molecule has 1 aliphatic heterocycles. The Labute approximate surface area is 226 Å². The summed E-state index contributed by atoms with van der Waals surface area (Å²) in [5, 5.41) is 0.